The summed E-state index contributed by atoms with van der Waals surface area (Å²) < 4.78 is 10.6. The van der Waals surface area contributed by atoms with E-state index in [1.54, 1.807) is 0 Å². The van der Waals surface area contributed by atoms with Crippen molar-refractivity contribution in [2.45, 2.75) is 45.6 Å². The van der Waals surface area contributed by atoms with E-state index >= 15 is 0 Å². The number of morpholine rings is 1. The first kappa shape index (κ1) is 14.5. The minimum atomic E-state index is -0.271. The molecule has 1 fully saturated rings. The Morgan fingerprint density at radius 3 is 2.94 bits per heavy atom. The number of nitrogens with one attached hydrogen (secondary N) is 1. The predicted octanol–water partition coefficient (Wildman–Crippen LogP) is 1.73. The topological polar surface area (TPSA) is 47.6 Å². The fourth-order valence-electron chi connectivity index (χ4n) is 1.92. The largest absolute Gasteiger partial charge is 0.464 e. The minimum absolute atomic E-state index is 0.167. The van der Waals surface area contributed by atoms with Crippen LogP contribution in [-0.2, 0) is 14.3 Å². The SMILES string of the molecule is CCCCC(CC)COC(=O)C1COCCN1. The molecule has 4 heteroatoms. The molecule has 1 aliphatic rings. The van der Waals surface area contributed by atoms with Gasteiger partial charge in [0.05, 0.1) is 19.8 Å². The molecule has 1 saturated heterocycles. The highest BCUT2D eigenvalue weighted by atomic mass is 16.5. The van der Waals surface area contributed by atoms with Crippen LogP contribution in [0, 0.1) is 5.92 Å². The van der Waals surface area contributed by atoms with Crippen molar-refractivity contribution in [1.29, 1.82) is 0 Å². The van der Waals surface area contributed by atoms with E-state index in [-0.39, 0.29) is 12.0 Å². The van der Waals surface area contributed by atoms with Gasteiger partial charge < -0.3 is 14.8 Å². The van der Waals surface area contributed by atoms with Crippen molar-refractivity contribution in [2.24, 2.45) is 5.92 Å². The zero-order valence-electron chi connectivity index (χ0n) is 11.0. The van der Waals surface area contributed by atoms with E-state index in [2.05, 4.69) is 19.2 Å². The second-order valence-electron chi connectivity index (χ2n) is 4.63. The molecule has 0 spiro atoms. The Hall–Kier alpha value is -0.610. The Kier molecular flexibility index (Phi) is 7.21. The minimum Gasteiger partial charge on any atom is -0.464 e. The van der Waals surface area contributed by atoms with Crippen LogP contribution < -0.4 is 5.32 Å². The lowest BCUT2D eigenvalue weighted by Crippen LogP contribution is -2.47. The van der Waals surface area contributed by atoms with E-state index < -0.39 is 0 Å². The number of esters is 1. The molecule has 0 aromatic rings. The molecule has 0 amide bonds. The van der Waals surface area contributed by atoms with Crippen LogP contribution in [0.3, 0.4) is 0 Å². The van der Waals surface area contributed by atoms with Crippen molar-refractivity contribution >= 4 is 5.97 Å². The maximum Gasteiger partial charge on any atom is 0.325 e. The van der Waals surface area contributed by atoms with Gasteiger partial charge in [0, 0.05) is 6.54 Å². The van der Waals surface area contributed by atoms with Crippen LogP contribution in [0.25, 0.3) is 0 Å². The molecule has 1 N–H and O–H groups in total. The highest BCUT2D eigenvalue weighted by Crippen LogP contribution is 2.13. The summed E-state index contributed by atoms with van der Waals surface area (Å²) in [5, 5.41) is 3.10. The zero-order chi connectivity index (χ0) is 12.5. The summed E-state index contributed by atoms with van der Waals surface area (Å²) in [6.45, 7) is 6.72. The molecule has 4 nitrogen and oxygen atoms in total. The van der Waals surface area contributed by atoms with Crippen LogP contribution in [0.15, 0.2) is 0 Å². The first-order valence-corrected chi connectivity index (χ1v) is 6.75. The van der Waals surface area contributed by atoms with Gasteiger partial charge in [0.1, 0.15) is 6.04 Å². The number of ether oxygens (including phenoxy) is 2. The molecular formula is C13H25NO3. The number of rotatable bonds is 7. The molecule has 0 aromatic heterocycles. The van der Waals surface area contributed by atoms with Crippen molar-refractivity contribution in [2.75, 3.05) is 26.4 Å². The van der Waals surface area contributed by atoms with Crippen molar-refractivity contribution in [1.82, 2.24) is 5.32 Å². The van der Waals surface area contributed by atoms with E-state index in [0.717, 1.165) is 19.4 Å². The maximum atomic E-state index is 11.7. The zero-order valence-corrected chi connectivity index (χ0v) is 11.0. The summed E-state index contributed by atoms with van der Waals surface area (Å²) in [5.41, 5.74) is 0. The number of carbonyl (C=O) groups excluding carboxylic acids is 1. The highest BCUT2D eigenvalue weighted by Gasteiger charge is 2.23. The number of hydrogen-bond donors (Lipinski definition) is 1. The van der Waals surface area contributed by atoms with E-state index in [9.17, 15) is 4.79 Å². The molecule has 1 heterocycles. The van der Waals surface area contributed by atoms with E-state index in [1.165, 1.54) is 12.8 Å². The van der Waals surface area contributed by atoms with Gasteiger partial charge in [-0.05, 0) is 12.3 Å². The highest BCUT2D eigenvalue weighted by molar-refractivity contribution is 5.76. The molecule has 17 heavy (non-hydrogen) atoms. The van der Waals surface area contributed by atoms with Gasteiger partial charge in [-0.3, -0.25) is 4.79 Å². The summed E-state index contributed by atoms with van der Waals surface area (Å²) >= 11 is 0. The predicted molar refractivity (Wildman–Crippen MR) is 66.9 cm³/mol. The summed E-state index contributed by atoms with van der Waals surface area (Å²) in [6, 6.07) is -0.271. The molecule has 0 bridgehead atoms. The van der Waals surface area contributed by atoms with Gasteiger partial charge in [0.15, 0.2) is 0 Å². The fourth-order valence-corrected chi connectivity index (χ4v) is 1.92. The Labute approximate surface area is 104 Å². The standard InChI is InChI=1S/C13H25NO3/c1-3-5-6-11(4-2)9-17-13(15)12-10-16-8-7-14-12/h11-12,14H,3-10H2,1-2H3. The van der Waals surface area contributed by atoms with Gasteiger partial charge in [0.25, 0.3) is 0 Å². The molecule has 2 atom stereocenters. The lowest BCUT2D eigenvalue weighted by molar-refractivity contribution is -0.150. The summed E-state index contributed by atoms with van der Waals surface area (Å²) in [6.07, 6.45) is 4.63. The third kappa shape index (κ3) is 5.50. The van der Waals surface area contributed by atoms with Crippen LogP contribution in [-0.4, -0.2) is 38.4 Å². The van der Waals surface area contributed by atoms with Crippen molar-refractivity contribution in [3.63, 3.8) is 0 Å². The molecule has 1 aliphatic heterocycles. The van der Waals surface area contributed by atoms with Crippen molar-refractivity contribution in [3.05, 3.63) is 0 Å². The van der Waals surface area contributed by atoms with Crippen LogP contribution in [0.5, 0.6) is 0 Å². The third-order valence-corrected chi connectivity index (χ3v) is 3.21. The second kappa shape index (κ2) is 8.48. The first-order valence-electron chi connectivity index (χ1n) is 6.75. The lowest BCUT2D eigenvalue weighted by atomic mass is 10.0. The van der Waals surface area contributed by atoms with Gasteiger partial charge >= 0.3 is 5.97 Å². The summed E-state index contributed by atoms with van der Waals surface area (Å²) in [7, 11) is 0. The normalized spacial score (nSPS) is 22.1. The van der Waals surface area contributed by atoms with Crippen LogP contribution in [0.2, 0.25) is 0 Å². The fraction of sp³-hybridized carbons (Fsp3) is 0.923. The average Bonchev–Trinajstić information content (AvgIpc) is 2.39. The molecule has 0 saturated carbocycles. The van der Waals surface area contributed by atoms with Gasteiger partial charge in [-0.25, -0.2) is 0 Å². The second-order valence-corrected chi connectivity index (χ2v) is 4.63. The number of carbonyl (C=O) groups is 1. The first-order chi connectivity index (χ1) is 8.27. The molecule has 0 radical (unpaired) electrons. The van der Waals surface area contributed by atoms with Gasteiger partial charge in [-0.1, -0.05) is 33.1 Å². The molecule has 0 aromatic carbocycles. The number of hydrogen-bond acceptors (Lipinski definition) is 4. The molecule has 2 unspecified atom stereocenters. The number of unbranched alkanes of at least 4 members (excludes halogenated alkanes) is 1. The van der Waals surface area contributed by atoms with E-state index in [0.29, 0.717) is 25.7 Å². The van der Waals surface area contributed by atoms with Gasteiger partial charge in [0.2, 0.25) is 0 Å². The van der Waals surface area contributed by atoms with Crippen molar-refractivity contribution < 1.29 is 14.3 Å². The quantitative estimate of drug-likeness (QED) is 0.692. The molecule has 1 rings (SSSR count). The monoisotopic (exact) mass is 243 g/mol. The molecule has 100 valence electrons. The average molecular weight is 243 g/mol. The van der Waals surface area contributed by atoms with Crippen molar-refractivity contribution in [3.8, 4) is 0 Å². The summed E-state index contributed by atoms with van der Waals surface area (Å²) in [4.78, 5) is 11.7. The maximum absolute atomic E-state index is 11.7. The lowest BCUT2D eigenvalue weighted by Gasteiger charge is -2.23. The smallest absolute Gasteiger partial charge is 0.325 e. The molecular weight excluding hydrogens is 218 g/mol. The van der Waals surface area contributed by atoms with Gasteiger partial charge in [-0.15, -0.1) is 0 Å². The Balaban J connectivity index is 2.20. The van der Waals surface area contributed by atoms with E-state index in [1.807, 2.05) is 0 Å². The molecule has 0 aliphatic carbocycles. The summed E-state index contributed by atoms with van der Waals surface area (Å²) in [5.74, 6) is 0.336. The Morgan fingerprint density at radius 1 is 1.53 bits per heavy atom. The third-order valence-electron chi connectivity index (χ3n) is 3.21. The Morgan fingerprint density at radius 2 is 2.35 bits per heavy atom. The van der Waals surface area contributed by atoms with Crippen LogP contribution in [0.1, 0.15) is 39.5 Å². The van der Waals surface area contributed by atoms with Gasteiger partial charge in [-0.2, -0.15) is 0 Å². The van der Waals surface area contributed by atoms with Crippen LogP contribution >= 0.6 is 0 Å². The Bertz CT molecular complexity index is 215. The van der Waals surface area contributed by atoms with Crippen LogP contribution in [0.4, 0.5) is 0 Å². The van der Waals surface area contributed by atoms with E-state index in [4.69, 9.17) is 9.47 Å².